The van der Waals surface area contributed by atoms with Crippen molar-refractivity contribution in [2.24, 2.45) is 0 Å². The molecule has 0 bridgehead atoms. The van der Waals surface area contributed by atoms with Crippen LogP contribution in [0.2, 0.25) is 5.02 Å². The van der Waals surface area contributed by atoms with Crippen LogP contribution in [0.3, 0.4) is 0 Å². The average Bonchev–Trinajstić information content (AvgIpc) is 3.08. The minimum Gasteiger partial charge on any atom is -0.423 e. The van der Waals surface area contributed by atoms with E-state index in [-0.39, 0.29) is 11.7 Å². The molecule has 1 amide bonds. The van der Waals surface area contributed by atoms with Gasteiger partial charge in [-0.1, -0.05) is 17.7 Å². The summed E-state index contributed by atoms with van der Waals surface area (Å²) in [6.07, 6.45) is 0. The van der Waals surface area contributed by atoms with Gasteiger partial charge in [-0.15, -0.1) is 11.3 Å². The smallest absolute Gasteiger partial charge is 0.423 e. The lowest BCUT2D eigenvalue weighted by molar-refractivity contribution is 0.103. The molecule has 0 spiro atoms. The molecule has 2 N–H and O–H groups in total. The first-order valence-corrected chi connectivity index (χ1v) is 8.34. The highest BCUT2D eigenvalue weighted by atomic mass is 35.5. The number of hydrogen-bond donors (Lipinski definition) is 2. The second-order valence-electron chi connectivity index (χ2n) is 5.42. The van der Waals surface area contributed by atoms with Crippen molar-refractivity contribution in [2.75, 3.05) is 5.32 Å². The monoisotopic (exact) mass is 361 g/mol. The lowest BCUT2D eigenvalue weighted by Crippen LogP contribution is -2.28. The van der Waals surface area contributed by atoms with Crippen LogP contribution in [0.25, 0.3) is 10.1 Å². The van der Waals surface area contributed by atoms with Crippen LogP contribution < -0.4 is 10.8 Å². The third kappa shape index (κ3) is 2.59. The number of amides is 1. The number of fused-ring (bicyclic) bond motifs is 2. The van der Waals surface area contributed by atoms with Crippen molar-refractivity contribution < 1.29 is 18.9 Å². The second-order valence-corrected chi connectivity index (χ2v) is 6.85. The highest BCUT2D eigenvalue weighted by Crippen LogP contribution is 2.36. The van der Waals surface area contributed by atoms with E-state index in [1.807, 2.05) is 0 Å². The lowest BCUT2D eigenvalue weighted by atomic mass is 9.79. The van der Waals surface area contributed by atoms with E-state index in [1.54, 1.807) is 24.3 Å². The first-order chi connectivity index (χ1) is 11.5. The topological polar surface area (TPSA) is 58.6 Å². The summed E-state index contributed by atoms with van der Waals surface area (Å²) < 4.78 is 19.1. The predicted molar refractivity (Wildman–Crippen MR) is 93.6 cm³/mol. The van der Waals surface area contributed by atoms with Gasteiger partial charge in [0.1, 0.15) is 10.7 Å². The van der Waals surface area contributed by atoms with Crippen molar-refractivity contribution in [2.45, 2.75) is 6.61 Å². The molecular formula is C16H10BClFNO3S. The van der Waals surface area contributed by atoms with Crippen molar-refractivity contribution in [3.05, 3.63) is 57.7 Å². The van der Waals surface area contributed by atoms with Crippen LogP contribution in [0.4, 0.5) is 10.1 Å². The number of halogens is 2. The largest absolute Gasteiger partial charge is 0.491 e. The van der Waals surface area contributed by atoms with E-state index in [2.05, 4.69) is 5.32 Å². The first kappa shape index (κ1) is 15.6. The highest BCUT2D eigenvalue weighted by Gasteiger charge is 2.27. The molecule has 3 aromatic rings. The number of carbonyl (C=O) groups excluding carboxylic acids is 1. The molecule has 1 aromatic heterocycles. The van der Waals surface area contributed by atoms with Gasteiger partial charge < -0.3 is 15.0 Å². The van der Waals surface area contributed by atoms with Gasteiger partial charge in [0.2, 0.25) is 0 Å². The Morgan fingerprint density at radius 3 is 3.00 bits per heavy atom. The van der Waals surface area contributed by atoms with E-state index in [4.69, 9.17) is 16.3 Å². The molecule has 4 nitrogen and oxygen atoms in total. The summed E-state index contributed by atoms with van der Waals surface area (Å²) in [5.74, 6) is -0.755. The fourth-order valence-electron chi connectivity index (χ4n) is 2.67. The van der Waals surface area contributed by atoms with Crippen molar-refractivity contribution in [1.82, 2.24) is 0 Å². The van der Waals surface area contributed by atoms with Gasteiger partial charge in [-0.2, -0.15) is 0 Å². The van der Waals surface area contributed by atoms with Crippen LogP contribution in [0.1, 0.15) is 15.2 Å². The molecular weight excluding hydrogens is 352 g/mol. The van der Waals surface area contributed by atoms with Crippen LogP contribution >= 0.6 is 22.9 Å². The number of carbonyl (C=O) groups is 1. The Kier molecular flexibility index (Phi) is 3.81. The zero-order chi connectivity index (χ0) is 16.8. The molecule has 4 rings (SSSR count). The number of rotatable bonds is 2. The molecule has 120 valence electrons. The molecule has 24 heavy (non-hydrogen) atoms. The van der Waals surface area contributed by atoms with Gasteiger partial charge in [0.25, 0.3) is 5.91 Å². The minimum atomic E-state index is -0.979. The van der Waals surface area contributed by atoms with Gasteiger partial charge in [-0.3, -0.25) is 4.79 Å². The number of hydrogen-bond acceptors (Lipinski definition) is 4. The zero-order valence-corrected chi connectivity index (χ0v) is 13.7. The second kappa shape index (κ2) is 5.86. The molecule has 2 heterocycles. The van der Waals surface area contributed by atoms with E-state index in [0.717, 1.165) is 16.9 Å². The molecule has 8 heteroatoms. The maximum Gasteiger partial charge on any atom is 0.491 e. The standard InChI is InChI=1S/C16H10BClFNO3S/c18-14-11-4-2-9(19)5-13(11)24-15(14)16(21)20-10-3-1-8-7-23-17(22)12(8)6-10/h1-6,22H,7H2,(H,20,21). The number of benzene rings is 2. The van der Waals surface area contributed by atoms with E-state index < -0.39 is 7.12 Å². The summed E-state index contributed by atoms with van der Waals surface area (Å²) in [7, 11) is -0.979. The van der Waals surface area contributed by atoms with Gasteiger partial charge in [0.05, 0.1) is 11.6 Å². The third-order valence-electron chi connectivity index (χ3n) is 3.86. The summed E-state index contributed by atoms with van der Waals surface area (Å²) in [6.45, 7) is 0.346. The van der Waals surface area contributed by atoms with Gasteiger partial charge in [-0.25, -0.2) is 4.39 Å². The summed E-state index contributed by atoms with van der Waals surface area (Å²) >= 11 is 7.39. The maximum atomic E-state index is 13.3. The maximum absolute atomic E-state index is 13.3. The Morgan fingerprint density at radius 2 is 2.17 bits per heavy atom. The van der Waals surface area contributed by atoms with Gasteiger partial charge >= 0.3 is 7.12 Å². The molecule has 0 fully saturated rings. The van der Waals surface area contributed by atoms with E-state index in [0.29, 0.717) is 37.7 Å². The molecule has 0 saturated heterocycles. The highest BCUT2D eigenvalue weighted by molar-refractivity contribution is 7.21. The van der Waals surface area contributed by atoms with Gasteiger partial charge in [0.15, 0.2) is 0 Å². The van der Waals surface area contributed by atoms with Crippen molar-refractivity contribution in [3.8, 4) is 0 Å². The molecule has 0 atom stereocenters. The Bertz CT molecular complexity index is 977. The summed E-state index contributed by atoms with van der Waals surface area (Å²) in [5, 5.41) is 13.4. The van der Waals surface area contributed by atoms with Crippen LogP contribution in [0.15, 0.2) is 36.4 Å². The summed E-state index contributed by atoms with van der Waals surface area (Å²) in [4.78, 5) is 12.8. The minimum absolute atomic E-state index is 0.303. The molecule has 0 saturated carbocycles. The molecule has 0 unspecified atom stereocenters. The Morgan fingerprint density at radius 1 is 1.33 bits per heavy atom. The summed E-state index contributed by atoms with van der Waals surface area (Å²) in [6, 6.07) is 9.42. The third-order valence-corrected chi connectivity index (χ3v) is 5.52. The Balaban J connectivity index is 1.65. The fraction of sp³-hybridized carbons (Fsp3) is 0.0625. The molecule has 1 aliphatic heterocycles. The van der Waals surface area contributed by atoms with Crippen LogP contribution in [-0.4, -0.2) is 18.0 Å². The quantitative estimate of drug-likeness (QED) is 0.689. The van der Waals surface area contributed by atoms with Crippen LogP contribution in [0.5, 0.6) is 0 Å². The van der Waals surface area contributed by atoms with E-state index in [1.165, 1.54) is 12.1 Å². The number of anilines is 1. The van der Waals surface area contributed by atoms with Crippen LogP contribution in [0, 0.1) is 5.82 Å². The van der Waals surface area contributed by atoms with Crippen molar-refractivity contribution in [3.63, 3.8) is 0 Å². The first-order valence-electron chi connectivity index (χ1n) is 7.14. The van der Waals surface area contributed by atoms with E-state index >= 15 is 0 Å². The SMILES string of the molecule is O=C(Nc1ccc2c(c1)B(O)OC2)c1sc2cc(F)ccc2c1Cl. The van der Waals surface area contributed by atoms with Gasteiger partial charge in [0, 0.05) is 15.8 Å². The predicted octanol–water partition coefficient (Wildman–Crippen LogP) is 3.16. The Labute approximate surface area is 146 Å². The Hall–Kier alpha value is -1.93. The summed E-state index contributed by atoms with van der Waals surface area (Å²) in [5.41, 5.74) is 2.05. The number of thiophene rings is 1. The van der Waals surface area contributed by atoms with E-state index in [9.17, 15) is 14.2 Å². The normalized spacial score (nSPS) is 13.4. The van der Waals surface area contributed by atoms with Crippen LogP contribution in [-0.2, 0) is 11.3 Å². The van der Waals surface area contributed by atoms with Crippen molar-refractivity contribution >= 4 is 57.2 Å². The molecule has 1 aliphatic rings. The lowest BCUT2D eigenvalue weighted by Gasteiger charge is -2.06. The van der Waals surface area contributed by atoms with Gasteiger partial charge in [-0.05, 0) is 41.4 Å². The van der Waals surface area contributed by atoms with Crippen molar-refractivity contribution in [1.29, 1.82) is 0 Å². The zero-order valence-electron chi connectivity index (χ0n) is 12.2. The average molecular weight is 362 g/mol. The molecule has 0 radical (unpaired) electrons. The number of nitrogens with one attached hydrogen (secondary N) is 1. The fourth-order valence-corrected chi connectivity index (χ4v) is 4.10. The molecule has 2 aromatic carbocycles. The molecule has 0 aliphatic carbocycles.